The average molecular weight is 380 g/mol. The number of benzene rings is 1. The number of aryl methyl sites for hydroxylation is 1. The second-order valence-corrected chi connectivity index (χ2v) is 7.81. The summed E-state index contributed by atoms with van der Waals surface area (Å²) < 4.78 is 3.51. The van der Waals surface area contributed by atoms with E-state index < -0.39 is 0 Å². The lowest BCUT2D eigenvalue weighted by Crippen LogP contribution is -2.07. The molecule has 1 aromatic carbocycles. The number of fused-ring (bicyclic) bond motifs is 3. The molecule has 0 saturated heterocycles. The van der Waals surface area contributed by atoms with Crippen LogP contribution in [0, 0.1) is 0 Å². The molecule has 4 aromatic rings. The number of thiophene rings is 1. The molecule has 0 fully saturated rings. The van der Waals surface area contributed by atoms with Crippen LogP contribution in [-0.2, 0) is 19.5 Å². The van der Waals surface area contributed by atoms with Gasteiger partial charge < -0.3 is 15.6 Å². The summed E-state index contributed by atoms with van der Waals surface area (Å²) in [7, 11) is 1.97. The Morgan fingerprint density at radius 2 is 1.89 bits per heavy atom. The quantitative estimate of drug-likeness (QED) is 0.501. The normalized spacial score (nSPS) is 11.6. The molecule has 4 rings (SSSR count). The average Bonchev–Trinajstić information content (AvgIpc) is 3.27. The standard InChI is InChI=1S/C21H25N5S/c1-3-4-5-17-25-18-19(20-16(10-11-27-20)24-21(18)22)26(17)13-15-8-6-14(7-9-15)12-23-2/h6-11,23H,3-5,12-13H2,1-2H3,(H2,22,24). The number of nitrogen functional groups attached to an aromatic ring is 1. The van der Waals surface area contributed by atoms with Crippen LogP contribution in [0.3, 0.4) is 0 Å². The first-order valence-corrected chi connectivity index (χ1v) is 10.3. The first kappa shape index (κ1) is 17.9. The Morgan fingerprint density at radius 3 is 2.63 bits per heavy atom. The van der Waals surface area contributed by atoms with Crippen LogP contribution in [0.4, 0.5) is 5.82 Å². The van der Waals surface area contributed by atoms with Gasteiger partial charge in [0.2, 0.25) is 0 Å². The number of hydrogen-bond acceptors (Lipinski definition) is 5. The molecule has 3 heterocycles. The highest BCUT2D eigenvalue weighted by atomic mass is 32.1. The summed E-state index contributed by atoms with van der Waals surface area (Å²) in [5.41, 5.74) is 11.7. The molecule has 0 radical (unpaired) electrons. The third kappa shape index (κ3) is 3.42. The number of anilines is 1. The summed E-state index contributed by atoms with van der Waals surface area (Å²) in [4.78, 5) is 9.44. The van der Waals surface area contributed by atoms with Crippen molar-refractivity contribution >= 4 is 38.4 Å². The van der Waals surface area contributed by atoms with E-state index in [1.165, 1.54) is 15.8 Å². The number of nitrogens with zero attached hydrogens (tertiary/aromatic N) is 3. The molecule has 0 atom stereocenters. The number of hydrogen-bond donors (Lipinski definition) is 2. The Labute approximate surface area is 163 Å². The molecule has 0 saturated carbocycles. The Morgan fingerprint density at radius 1 is 1.11 bits per heavy atom. The van der Waals surface area contributed by atoms with Gasteiger partial charge in [-0.3, -0.25) is 0 Å². The summed E-state index contributed by atoms with van der Waals surface area (Å²) in [6, 6.07) is 10.8. The van der Waals surface area contributed by atoms with E-state index in [0.29, 0.717) is 5.82 Å². The third-order valence-electron chi connectivity index (χ3n) is 4.89. The van der Waals surface area contributed by atoms with Crippen molar-refractivity contribution < 1.29 is 0 Å². The molecule has 140 valence electrons. The lowest BCUT2D eigenvalue weighted by molar-refractivity contribution is 0.690. The van der Waals surface area contributed by atoms with Crippen molar-refractivity contribution in [2.24, 2.45) is 0 Å². The van der Waals surface area contributed by atoms with E-state index in [-0.39, 0.29) is 0 Å². The van der Waals surface area contributed by atoms with Crippen LogP contribution in [0.15, 0.2) is 35.7 Å². The number of imidazole rings is 1. The molecule has 0 aliphatic rings. The smallest absolute Gasteiger partial charge is 0.152 e. The van der Waals surface area contributed by atoms with Gasteiger partial charge in [-0.1, -0.05) is 37.6 Å². The van der Waals surface area contributed by atoms with Crippen molar-refractivity contribution in [1.82, 2.24) is 19.9 Å². The fourth-order valence-electron chi connectivity index (χ4n) is 3.50. The van der Waals surface area contributed by atoms with Crippen molar-refractivity contribution in [2.45, 2.75) is 39.3 Å². The van der Waals surface area contributed by atoms with E-state index in [4.69, 9.17) is 10.7 Å². The molecule has 0 bridgehead atoms. The van der Waals surface area contributed by atoms with E-state index >= 15 is 0 Å². The van der Waals surface area contributed by atoms with Crippen LogP contribution >= 0.6 is 11.3 Å². The van der Waals surface area contributed by atoms with Gasteiger partial charge in [0, 0.05) is 19.5 Å². The highest BCUT2D eigenvalue weighted by Crippen LogP contribution is 2.33. The van der Waals surface area contributed by atoms with Gasteiger partial charge in [0.1, 0.15) is 11.3 Å². The first-order valence-electron chi connectivity index (χ1n) is 9.45. The van der Waals surface area contributed by atoms with E-state index in [1.807, 2.05) is 13.1 Å². The van der Waals surface area contributed by atoms with Gasteiger partial charge in [0.05, 0.1) is 15.7 Å². The zero-order chi connectivity index (χ0) is 18.8. The summed E-state index contributed by atoms with van der Waals surface area (Å²) in [5.74, 6) is 1.62. The summed E-state index contributed by atoms with van der Waals surface area (Å²) in [5, 5.41) is 5.27. The zero-order valence-electron chi connectivity index (χ0n) is 15.8. The topological polar surface area (TPSA) is 68.8 Å². The predicted molar refractivity (Wildman–Crippen MR) is 114 cm³/mol. The van der Waals surface area contributed by atoms with Crippen molar-refractivity contribution in [3.63, 3.8) is 0 Å². The van der Waals surface area contributed by atoms with Gasteiger partial charge in [0.15, 0.2) is 5.82 Å². The minimum Gasteiger partial charge on any atom is -0.382 e. The van der Waals surface area contributed by atoms with Gasteiger partial charge in [0.25, 0.3) is 0 Å². The predicted octanol–water partition coefficient (Wildman–Crippen LogP) is 4.34. The van der Waals surface area contributed by atoms with E-state index in [0.717, 1.165) is 54.7 Å². The molecule has 3 aromatic heterocycles. The van der Waals surface area contributed by atoms with Crippen molar-refractivity contribution in [3.05, 3.63) is 52.7 Å². The number of nitrogens with two attached hydrogens (primary N) is 1. The number of nitrogens with one attached hydrogen (secondary N) is 1. The van der Waals surface area contributed by atoms with Crippen LogP contribution in [0.1, 0.15) is 36.7 Å². The molecule has 0 amide bonds. The lowest BCUT2D eigenvalue weighted by Gasteiger charge is -2.11. The molecule has 0 aliphatic heterocycles. The van der Waals surface area contributed by atoms with E-state index in [1.54, 1.807) is 11.3 Å². The second-order valence-electron chi connectivity index (χ2n) is 6.89. The summed E-state index contributed by atoms with van der Waals surface area (Å²) >= 11 is 1.71. The summed E-state index contributed by atoms with van der Waals surface area (Å²) in [6.07, 6.45) is 3.21. The van der Waals surface area contributed by atoms with Gasteiger partial charge in [-0.15, -0.1) is 11.3 Å². The highest BCUT2D eigenvalue weighted by molar-refractivity contribution is 7.18. The fraction of sp³-hybridized carbons (Fsp3) is 0.333. The van der Waals surface area contributed by atoms with Crippen molar-refractivity contribution in [3.8, 4) is 0 Å². The van der Waals surface area contributed by atoms with Gasteiger partial charge >= 0.3 is 0 Å². The fourth-order valence-corrected chi connectivity index (χ4v) is 4.39. The van der Waals surface area contributed by atoms with Gasteiger partial charge in [-0.25, -0.2) is 9.97 Å². The number of rotatable bonds is 7. The molecule has 27 heavy (non-hydrogen) atoms. The van der Waals surface area contributed by atoms with Crippen LogP contribution in [0.5, 0.6) is 0 Å². The van der Waals surface area contributed by atoms with Crippen molar-refractivity contribution in [1.29, 1.82) is 0 Å². The number of pyridine rings is 1. The molecular formula is C21H25N5S. The van der Waals surface area contributed by atoms with Crippen LogP contribution in [-0.4, -0.2) is 21.6 Å². The van der Waals surface area contributed by atoms with Gasteiger partial charge in [-0.2, -0.15) is 0 Å². The molecule has 5 nitrogen and oxygen atoms in total. The molecule has 0 unspecified atom stereocenters. The molecular weight excluding hydrogens is 354 g/mol. The Kier molecular flexibility index (Phi) is 5.09. The summed E-state index contributed by atoms with van der Waals surface area (Å²) in [6.45, 7) is 3.89. The van der Waals surface area contributed by atoms with Gasteiger partial charge in [-0.05, 0) is 36.0 Å². The maximum absolute atomic E-state index is 6.25. The van der Waals surface area contributed by atoms with Crippen LogP contribution in [0.2, 0.25) is 0 Å². The minimum absolute atomic E-state index is 0.525. The highest BCUT2D eigenvalue weighted by Gasteiger charge is 2.18. The maximum atomic E-state index is 6.25. The number of aromatic nitrogens is 3. The van der Waals surface area contributed by atoms with E-state index in [9.17, 15) is 0 Å². The third-order valence-corrected chi connectivity index (χ3v) is 5.80. The molecule has 3 N–H and O–H groups in total. The lowest BCUT2D eigenvalue weighted by atomic mass is 10.1. The molecule has 0 aliphatic carbocycles. The first-order chi connectivity index (χ1) is 13.2. The SMILES string of the molecule is CCCCc1nc2c(N)nc3ccsc3c2n1Cc1ccc(CNC)cc1. The zero-order valence-corrected chi connectivity index (χ0v) is 16.6. The van der Waals surface area contributed by atoms with Crippen molar-refractivity contribution in [2.75, 3.05) is 12.8 Å². The Bertz CT molecular complexity index is 1060. The minimum atomic E-state index is 0.525. The van der Waals surface area contributed by atoms with Crippen LogP contribution in [0.25, 0.3) is 21.3 Å². The second kappa shape index (κ2) is 7.66. The van der Waals surface area contributed by atoms with Crippen LogP contribution < -0.4 is 11.1 Å². The Hall–Kier alpha value is -2.44. The largest absolute Gasteiger partial charge is 0.382 e. The molecule has 6 heteroatoms. The molecule has 0 spiro atoms. The van der Waals surface area contributed by atoms with E-state index in [2.05, 4.69) is 51.4 Å². The number of unbranched alkanes of at least 4 members (excludes halogenated alkanes) is 1. The maximum Gasteiger partial charge on any atom is 0.152 e. The Balaban J connectivity index is 1.83. The monoisotopic (exact) mass is 379 g/mol.